The number of benzene rings is 2. The van der Waals surface area contributed by atoms with Crippen molar-refractivity contribution in [2.75, 3.05) is 13.1 Å². The van der Waals surface area contributed by atoms with Gasteiger partial charge in [-0.1, -0.05) is 34.1 Å². The Morgan fingerprint density at radius 3 is 2.64 bits per heavy atom. The van der Waals surface area contributed by atoms with E-state index in [-0.39, 0.29) is 17.4 Å². The molecule has 2 aromatic carbocycles. The van der Waals surface area contributed by atoms with E-state index in [2.05, 4.69) is 26.0 Å². The van der Waals surface area contributed by atoms with Crippen LogP contribution >= 0.6 is 15.9 Å². The average molecular weight is 397 g/mol. The van der Waals surface area contributed by atoms with Crippen LogP contribution in [-0.4, -0.2) is 39.6 Å². The van der Waals surface area contributed by atoms with Crippen molar-refractivity contribution >= 4 is 38.6 Å². The number of hydrogen-bond donors (Lipinski definition) is 0. The molecule has 1 aliphatic rings. The molecule has 0 saturated heterocycles. The summed E-state index contributed by atoms with van der Waals surface area (Å²) >= 11 is 3.36. The van der Waals surface area contributed by atoms with E-state index in [1.807, 2.05) is 12.1 Å². The lowest BCUT2D eigenvalue weighted by atomic mass is 10.2. The van der Waals surface area contributed by atoms with Gasteiger partial charge in [-0.05, 0) is 30.3 Å². The monoisotopic (exact) mass is 396 g/mol. The zero-order chi connectivity index (χ0) is 17.4. The maximum Gasteiger partial charge on any atom is 0.282 e. The van der Waals surface area contributed by atoms with Crippen LogP contribution in [0.5, 0.6) is 0 Å². The van der Waals surface area contributed by atoms with Crippen LogP contribution in [0.4, 0.5) is 0 Å². The highest BCUT2D eigenvalue weighted by atomic mass is 79.9. The third kappa shape index (κ3) is 2.76. The molecular formula is C18H13BrN4O2. The molecule has 1 amide bonds. The number of nitrogens with zero attached hydrogens (tertiary/aromatic N) is 4. The van der Waals surface area contributed by atoms with E-state index in [0.717, 1.165) is 9.86 Å². The SMILES string of the molecule is O=C(c1ccc(Br)cc1)N1CCN=C1n1ncc2ccccc2c1=O. The molecule has 0 saturated carbocycles. The fourth-order valence-electron chi connectivity index (χ4n) is 2.79. The summed E-state index contributed by atoms with van der Waals surface area (Å²) in [5.74, 6) is 0.0641. The van der Waals surface area contributed by atoms with Gasteiger partial charge in [-0.2, -0.15) is 9.78 Å². The van der Waals surface area contributed by atoms with Crippen LogP contribution in [0.15, 0.2) is 69.0 Å². The Morgan fingerprint density at radius 1 is 1.08 bits per heavy atom. The molecule has 0 atom stereocenters. The first kappa shape index (κ1) is 15.7. The first-order chi connectivity index (χ1) is 12.1. The largest absolute Gasteiger partial charge is 0.282 e. The van der Waals surface area contributed by atoms with Crippen LogP contribution in [0.25, 0.3) is 10.8 Å². The highest BCUT2D eigenvalue weighted by Crippen LogP contribution is 2.15. The van der Waals surface area contributed by atoms with Gasteiger partial charge < -0.3 is 0 Å². The quantitative estimate of drug-likeness (QED) is 0.634. The number of carbonyl (C=O) groups excluding carboxylic acids is 1. The van der Waals surface area contributed by atoms with Crippen LogP contribution in [-0.2, 0) is 0 Å². The standard InChI is InChI=1S/C18H13BrN4O2/c19-14-7-5-12(6-8-14)16(24)22-10-9-20-18(22)23-17(25)15-4-2-1-3-13(15)11-21-23/h1-8,11H,9-10H2. The minimum Gasteiger partial charge on any atom is -0.275 e. The van der Waals surface area contributed by atoms with E-state index in [9.17, 15) is 9.59 Å². The number of rotatable bonds is 1. The van der Waals surface area contributed by atoms with E-state index < -0.39 is 0 Å². The lowest BCUT2D eigenvalue weighted by Crippen LogP contribution is -2.43. The van der Waals surface area contributed by atoms with Crippen LogP contribution in [0, 0.1) is 0 Å². The highest BCUT2D eigenvalue weighted by Gasteiger charge is 2.27. The topological polar surface area (TPSA) is 67.6 Å². The number of halogens is 1. The Hall–Kier alpha value is -2.80. The molecule has 0 aliphatic carbocycles. The molecule has 3 aromatic rings. The van der Waals surface area contributed by atoms with Gasteiger partial charge in [0.15, 0.2) is 0 Å². The van der Waals surface area contributed by atoms with Crippen LogP contribution < -0.4 is 5.56 Å². The molecule has 0 radical (unpaired) electrons. The molecule has 124 valence electrons. The highest BCUT2D eigenvalue weighted by molar-refractivity contribution is 9.10. The third-order valence-corrected chi connectivity index (χ3v) is 4.57. The number of carbonyl (C=O) groups is 1. The van der Waals surface area contributed by atoms with Crippen molar-refractivity contribution in [2.24, 2.45) is 4.99 Å². The van der Waals surface area contributed by atoms with Crippen molar-refractivity contribution in [3.8, 4) is 0 Å². The lowest BCUT2D eigenvalue weighted by molar-refractivity contribution is 0.0853. The minimum atomic E-state index is -0.285. The first-order valence-electron chi connectivity index (χ1n) is 7.74. The van der Waals surface area contributed by atoms with Gasteiger partial charge in [-0.3, -0.25) is 14.5 Å². The number of hydrogen-bond acceptors (Lipinski definition) is 4. The van der Waals surface area contributed by atoms with Gasteiger partial charge in [0.05, 0.1) is 18.1 Å². The molecular weight excluding hydrogens is 384 g/mol. The molecule has 6 nitrogen and oxygen atoms in total. The second kappa shape index (κ2) is 6.25. The molecule has 1 aliphatic heterocycles. The van der Waals surface area contributed by atoms with Gasteiger partial charge >= 0.3 is 0 Å². The maximum atomic E-state index is 12.8. The Bertz CT molecular complexity index is 1060. The Labute approximate surface area is 151 Å². The van der Waals surface area contributed by atoms with Crippen molar-refractivity contribution in [1.82, 2.24) is 14.7 Å². The summed E-state index contributed by atoms with van der Waals surface area (Å²) in [6.07, 6.45) is 1.61. The smallest absolute Gasteiger partial charge is 0.275 e. The minimum absolute atomic E-state index is 0.203. The molecule has 0 bridgehead atoms. The zero-order valence-corrected chi connectivity index (χ0v) is 14.7. The van der Waals surface area contributed by atoms with E-state index in [0.29, 0.717) is 24.0 Å². The first-order valence-corrected chi connectivity index (χ1v) is 8.54. The van der Waals surface area contributed by atoms with Gasteiger partial charge in [0, 0.05) is 22.0 Å². The molecule has 1 aromatic heterocycles. The van der Waals surface area contributed by atoms with Gasteiger partial charge in [-0.25, -0.2) is 4.99 Å². The molecule has 0 fully saturated rings. The van der Waals surface area contributed by atoms with Gasteiger partial charge in [-0.15, -0.1) is 0 Å². The zero-order valence-electron chi connectivity index (χ0n) is 13.1. The van der Waals surface area contributed by atoms with E-state index in [1.54, 1.807) is 42.6 Å². The van der Waals surface area contributed by atoms with Crippen LogP contribution in [0.1, 0.15) is 10.4 Å². The maximum absolute atomic E-state index is 12.8. The normalized spacial score (nSPS) is 14.0. The van der Waals surface area contributed by atoms with Crippen molar-refractivity contribution in [1.29, 1.82) is 0 Å². The van der Waals surface area contributed by atoms with Gasteiger partial charge in [0.2, 0.25) is 5.96 Å². The number of fused-ring (bicyclic) bond motifs is 1. The molecule has 0 N–H and O–H groups in total. The molecule has 2 heterocycles. The number of amides is 1. The summed E-state index contributed by atoms with van der Waals surface area (Å²) in [7, 11) is 0. The second-order valence-electron chi connectivity index (χ2n) is 5.59. The lowest BCUT2D eigenvalue weighted by Gasteiger charge is -2.18. The fraction of sp³-hybridized carbons (Fsp3) is 0.111. The summed E-state index contributed by atoms with van der Waals surface area (Å²) in [4.78, 5) is 31.4. The number of aromatic nitrogens is 2. The summed E-state index contributed by atoms with van der Waals surface area (Å²) < 4.78 is 2.10. The van der Waals surface area contributed by atoms with Crippen molar-refractivity contribution in [2.45, 2.75) is 0 Å². The van der Waals surface area contributed by atoms with Crippen molar-refractivity contribution in [3.63, 3.8) is 0 Å². The average Bonchev–Trinajstić information content (AvgIpc) is 3.12. The Balaban J connectivity index is 1.75. The van der Waals surface area contributed by atoms with E-state index in [4.69, 9.17) is 0 Å². The van der Waals surface area contributed by atoms with Crippen LogP contribution in [0.3, 0.4) is 0 Å². The van der Waals surface area contributed by atoms with E-state index in [1.165, 1.54) is 9.58 Å². The predicted molar refractivity (Wildman–Crippen MR) is 98.9 cm³/mol. The van der Waals surface area contributed by atoms with Gasteiger partial charge in [0.1, 0.15) is 0 Å². The molecule has 7 heteroatoms. The molecule has 0 unspecified atom stereocenters. The molecule has 4 rings (SSSR count). The predicted octanol–water partition coefficient (Wildman–Crippen LogP) is 2.52. The summed E-state index contributed by atoms with van der Waals surface area (Å²) in [6.45, 7) is 0.865. The fourth-order valence-corrected chi connectivity index (χ4v) is 3.05. The summed E-state index contributed by atoms with van der Waals surface area (Å²) in [5, 5.41) is 5.50. The third-order valence-electron chi connectivity index (χ3n) is 4.04. The summed E-state index contributed by atoms with van der Waals surface area (Å²) in [5.41, 5.74) is 0.249. The summed E-state index contributed by atoms with van der Waals surface area (Å²) in [6, 6.07) is 14.3. The molecule has 0 spiro atoms. The second-order valence-corrected chi connectivity index (χ2v) is 6.51. The van der Waals surface area contributed by atoms with Crippen molar-refractivity contribution < 1.29 is 4.79 Å². The molecule has 25 heavy (non-hydrogen) atoms. The van der Waals surface area contributed by atoms with Crippen molar-refractivity contribution in [3.05, 3.63) is 75.1 Å². The Kier molecular flexibility index (Phi) is 3.93. The van der Waals surface area contributed by atoms with Crippen LogP contribution in [0.2, 0.25) is 0 Å². The van der Waals surface area contributed by atoms with Gasteiger partial charge in [0.25, 0.3) is 11.5 Å². The van der Waals surface area contributed by atoms with E-state index >= 15 is 0 Å². The Morgan fingerprint density at radius 2 is 1.84 bits per heavy atom. The number of aliphatic imine (C=N–C) groups is 1.